The van der Waals surface area contributed by atoms with E-state index in [1.807, 2.05) is 18.2 Å². The lowest BCUT2D eigenvalue weighted by atomic mass is 10.3. The fraction of sp³-hybridized carbons (Fsp3) is 0.312. The number of rotatable bonds is 6. The van der Waals surface area contributed by atoms with Crippen molar-refractivity contribution in [2.24, 2.45) is 0 Å². The molecule has 0 aliphatic carbocycles. The van der Waals surface area contributed by atoms with E-state index in [0.717, 1.165) is 23.9 Å². The minimum absolute atomic E-state index is 0.153. The van der Waals surface area contributed by atoms with E-state index in [2.05, 4.69) is 24.1 Å². The maximum atomic E-state index is 13.1. The predicted molar refractivity (Wildman–Crippen MR) is 76.9 cm³/mol. The highest BCUT2D eigenvalue weighted by molar-refractivity contribution is 5.24. The van der Waals surface area contributed by atoms with Gasteiger partial charge in [0, 0.05) is 30.8 Å². The lowest BCUT2D eigenvalue weighted by molar-refractivity contribution is 0.297. The van der Waals surface area contributed by atoms with Gasteiger partial charge < -0.3 is 10.1 Å². The molecule has 1 N–H and O–H groups in total. The number of hydrogen-bond acceptors (Lipinski definition) is 3. The molecule has 1 aromatic heterocycles. The predicted octanol–water partition coefficient (Wildman–Crippen LogP) is 3.44. The quantitative estimate of drug-likeness (QED) is 0.885. The Bertz CT molecular complexity index is 582. The second-order valence-electron chi connectivity index (χ2n) is 5.05. The van der Waals surface area contributed by atoms with Gasteiger partial charge in [0.2, 0.25) is 0 Å². The first-order valence-corrected chi connectivity index (χ1v) is 6.80. The molecule has 0 fully saturated rings. The molecule has 2 rings (SSSR count). The third-order valence-corrected chi connectivity index (χ3v) is 2.78. The van der Waals surface area contributed by atoms with Crippen molar-refractivity contribution in [3.05, 3.63) is 59.4 Å². The zero-order valence-electron chi connectivity index (χ0n) is 12.1. The van der Waals surface area contributed by atoms with Crippen LogP contribution >= 0.6 is 0 Å². The summed E-state index contributed by atoms with van der Waals surface area (Å²) in [5, 5.41) is 3.28. The second kappa shape index (κ2) is 7.13. The molecule has 112 valence electrons. The summed E-state index contributed by atoms with van der Waals surface area (Å²) in [5.41, 5.74) is 1.61. The molecule has 3 nitrogen and oxygen atoms in total. The van der Waals surface area contributed by atoms with E-state index in [4.69, 9.17) is 4.74 Å². The van der Waals surface area contributed by atoms with Gasteiger partial charge in [0.05, 0.1) is 11.4 Å². The number of pyridine rings is 1. The Morgan fingerprint density at radius 3 is 2.43 bits per heavy atom. The van der Waals surface area contributed by atoms with Crippen LogP contribution in [0.15, 0.2) is 36.4 Å². The first-order chi connectivity index (χ1) is 10.0. The third-order valence-electron chi connectivity index (χ3n) is 2.78. The maximum absolute atomic E-state index is 13.1. The van der Waals surface area contributed by atoms with Crippen molar-refractivity contribution in [2.75, 3.05) is 0 Å². The number of hydrogen-bond donors (Lipinski definition) is 1. The Kier molecular flexibility index (Phi) is 5.22. The van der Waals surface area contributed by atoms with Gasteiger partial charge in [-0.05, 0) is 12.1 Å². The van der Waals surface area contributed by atoms with Crippen molar-refractivity contribution in [1.82, 2.24) is 10.3 Å². The number of benzene rings is 1. The molecular weight excluding hydrogens is 274 g/mol. The SMILES string of the molecule is CC(C)NCc1cccc(COc2cc(F)cc(F)c2)n1. The zero-order valence-corrected chi connectivity index (χ0v) is 12.1. The molecular formula is C16H18F2N2O. The van der Waals surface area contributed by atoms with E-state index < -0.39 is 11.6 Å². The van der Waals surface area contributed by atoms with E-state index in [1.165, 1.54) is 0 Å². The molecule has 0 spiro atoms. The summed E-state index contributed by atoms with van der Waals surface area (Å²) in [6.07, 6.45) is 0. The van der Waals surface area contributed by atoms with Crippen molar-refractivity contribution in [3.63, 3.8) is 0 Å². The smallest absolute Gasteiger partial charge is 0.130 e. The van der Waals surface area contributed by atoms with Gasteiger partial charge in [-0.1, -0.05) is 19.9 Å². The van der Waals surface area contributed by atoms with Gasteiger partial charge in [-0.2, -0.15) is 0 Å². The van der Waals surface area contributed by atoms with Crippen LogP contribution in [0, 0.1) is 11.6 Å². The Labute approximate surface area is 123 Å². The molecule has 5 heteroatoms. The van der Waals surface area contributed by atoms with Crippen LogP contribution in [0.5, 0.6) is 5.75 Å². The third kappa shape index (κ3) is 5.11. The average Bonchev–Trinajstić information content (AvgIpc) is 2.42. The highest BCUT2D eigenvalue weighted by Gasteiger charge is 2.04. The lowest BCUT2D eigenvalue weighted by Crippen LogP contribution is -2.22. The van der Waals surface area contributed by atoms with Crippen LogP contribution in [0.1, 0.15) is 25.2 Å². The van der Waals surface area contributed by atoms with Crippen LogP contribution in [0.2, 0.25) is 0 Å². The molecule has 0 saturated heterocycles. The molecule has 0 atom stereocenters. The van der Waals surface area contributed by atoms with Crippen LogP contribution < -0.4 is 10.1 Å². The molecule has 0 aliphatic heterocycles. The molecule has 1 heterocycles. The van der Waals surface area contributed by atoms with Gasteiger partial charge in [0.1, 0.15) is 24.0 Å². The molecule has 1 aromatic carbocycles. The van der Waals surface area contributed by atoms with Crippen LogP contribution in [-0.2, 0) is 13.2 Å². The van der Waals surface area contributed by atoms with Crippen molar-refractivity contribution in [3.8, 4) is 5.75 Å². The number of ether oxygens (including phenoxy) is 1. The van der Waals surface area contributed by atoms with Gasteiger partial charge >= 0.3 is 0 Å². The summed E-state index contributed by atoms with van der Waals surface area (Å²) < 4.78 is 31.5. The summed E-state index contributed by atoms with van der Waals surface area (Å²) in [5.74, 6) is -1.17. The Hall–Kier alpha value is -2.01. The fourth-order valence-corrected chi connectivity index (χ4v) is 1.79. The number of nitrogens with one attached hydrogen (secondary N) is 1. The summed E-state index contributed by atoms with van der Waals surface area (Å²) in [7, 11) is 0. The van der Waals surface area contributed by atoms with Crippen LogP contribution in [0.3, 0.4) is 0 Å². The normalized spacial score (nSPS) is 10.9. The zero-order chi connectivity index (χ0) is 15.2. The highest BCUT2D eigenvalue weighted by Crippen LogP contribution is 2.16. The minimum Gasteiger partial charge on any atom is -0.487 e. The summed E-state index contributed by atoms with van der Waals surface area (Å²) in [4.78, 5) is 4.43. The van der Waals surface area contributed by atoms with Crippen molar-refractivity contribution in [1.29, 1.82) is 0 Å². The van der Waals surface area contributed by atoms with Gasteiger partial charge in [-0.3, -0.25) is 4.98 Å². The summed E-state index contributed by atoms with van der Waals surface area (Å²) in [6.45, 7) is 4.95. The van der Waals surface area contributed by atoms with Crippen LogP contribution in [-0.4, -0.2) is 11.0 Å². The molecule has 0 amide bonds. The first-order valence-electron chi connectivity index (χ1n) is 6.80. The summed E-state index contributed by atoms with van der Waals surface area (Å²) >= 11 is 0. The van der Waals surface area contributed by atoms with Crippen LogP contribution in [0.25, 0.3) is 0 Å². The minimum atomic E-state index is -0.659. The Morgan fingerprint density at radius 2 is 1.76 bits per heavy atom. The standard InChI is InChI=1S/C16H18F2N2O/c1-11(2)19-9-14-4-3-5-15(20-14)10-21-16-7-12(17)6-13(18)8-16/h3-8,11,19H,9-10H2,1-2H3. The van der Waals surface area contributed by atoms with Gasteiger partial charge in [-0.25, -0.2) is 8.78 Å². The number of aromatic nitrogens is 1. The van der Waals surface area contributed by atoms with Crippen LogP contribution in [0.4, 0.5) is 8.78 Å². The highest BCUT2D eigenvalue weighted by atomic mass is 19.1. The first kappa shape index (κ1) is 15.4. The lowest BCUT2D eigenvalue weighted by Gasteiger charge is -2.10. The summed E-state index contributed by atoms with van der Waals surface area (Å²) in [6, 6.07) is 9.09. The largest absolute Gasteiger partial charge is 0.487 e. The van der Waals surface area contributed by atoms with Crippen molar-refractivity contribution in [2.45, 2.75) is 33.0 Å². The molecule has 0 radical (unpaired) electrons. The molecule has 0 saturated carbocycles. The molecule has 0 unspecified atom stereocenters. The van der Waals surface area contributed by atoms with E-state index in [-0.39, 0.29) is 12.4 Å². The average molecular weight is 292 g/mol. The van der Waals surface area contributed by atoms with Gasteiger partial charge in [-0.15, -0.1) is 0 Å². The van der Waals surface area contributed by atoms with E-state index >= 15 is 0 Å². The second-order valence-corrected chi connectivity index (χ2v) is 5.05. The topological polar surface area (TPSA) is 34.1 Å². The van der Waals surface area contributed by atoms with E-state index in [9.17, 15) is 8.78 Å². The van der Waals surface area contributed by atoms with Gasteiger partial charge in [0.25, 0.3) is 0 Å². The monoisotopic (exact) mass is 292 g/mol. The Morgan fingerprint density at radius 1 is 1.10 bits per heavy atom. The molecule has 21 heavy (non-hydrogen) atoms. The molecule has 0 aliphatic rings. The number of nitrogens with zero attached hydrogens (tertiary/aromatic N) is 1. The fourth-order valence-electron chi connectivity index (χ4n) is 1.79. The number of halogens is 2. The maximum Gasteiger partial charge on any atom is 0.130 e. The molecule has 0 bridgehead atoms. The van der Waals surface area contributed by atoms with Gasteiger partial charge in [0.15, 0.2) is 0 Å². The molecule has 2 aromatic rings. The van der Waals surface area contributed by atoms with E-state index in [0.29, 0.717) is 18.3 Å². The van der Waals surface area contributed by atoms with Crippen molar-refractivity contribution >= 4 is 0 Å². The van der Waals surface area contributed by atoms with E-state index in [1.54, 1.807) is 0 Å². The van der Waals surface area contributed by atoms with Crippen molar-refractivity contribution < 1.29 is 13.5 Å². The Balaban J connectivity index is 1.98.